The van der Waals surface area contributed by atoms with Crippen molar-refractivity contribution in [2.75, 3.05) is 13.7 Å². The zero-order chi connectivity index (χ0) is 13.8. The summed E-state index contributed by atoms with van der Waals surface area (Å²) in [5.74, 6) is -5.23. The van der Waals surface area contributed by atoms with Crippen LogP contribution in [-0.4, -0.2) is 25.6 Å². The van der Waals surface area contributed by atoms with Crippen LogP contribution in [0.4, 0.5) is 8.78 Å². The van der Waals surface area contributed by atoms with Gasteiger partial charge in [-0.25, -0.2) is 4.79 Å². The molecular weight excluding hydrogens is 280 g/mol. The van der Waals surface area contributed by atoms with Crippen LogP contribution in [0.1, 0.15) is 18.5 Å². The minimum Gasteiger partial charge on any atom is -0.496 e. The van der Waals surface area contributed by atoms with Crippen molar-refractivity contribution in [3.63, 3.8) is 0 Å². The van der Waals surface area contributed by atoms with Gasteiger partial charge in [-0.2, -0.15) is 8.78 Å². The average Bonchev–Trinajstić information content (AvgIpc) is 2.38. The van der Waals surface area contributed by atoms with Gasteiger partial charge in [0.05, 0.1) is 13.7 Å². The normalized spacial score (nSPS) is 12.3. The molecule has 0 fully saturated rings. The Balaban J connectivity index is 0.00000324. The molecule has 0 radical (unpaired) electrons. The third-order valence-corrected chi connectivity index (χ3v) is 2.41. The number of alkyl halides is 2. The summed E-state index contributed by atoms with van der Waals surface area (Å²) >= 11 is 0. The fourth-order valence-corrected chi connectivity index (χ4v) is 1.47. The fraction of sp³-hybridized carbons (Fsp3) is 0.417. The monoisotopic (exact) mass is 295 g/mol. The van der Waals surface area contributed by atoms with E-state index >= 15 is 0 Å². The number of halogens is 3. The molecule has 0 bridgehead atoms. The molecule has 1 aromatic carbocycles. The van der Waals surface area contributed by atoms with E-state index in [9.17, 15) is 13.6 Å². The van der Waals surface area contributed by atoms with Crippen LogP contribution in [0.25, 0.3) is 0 Å². The Morgan fingerprint density at radius 2 is 2.00 bits per heavy atom. The molecule has 0 saturated heterocycles. The van der Waals surface area contributed by atoms with Crippen molar-refractivity contribution in [3.05, 3.63) is 29.8 Å². The lowest BCUT2D eigenvalue weighted by Crippen LogP contribution is -2.41. The van der Waals surface area contributed by atoms with E-state index < -0.39 is 17.9 Å². The molecular formula is C12H16ClF2NO3. The molecule has 7 heteroatoms. The average molecular weight is 296 g/mol. The van der Waals surface area contributed by atoms with Crippen molar-refractivity contribution in [2.24, 2.45) is 5.73 Å². The van der Waals surface area contributed by atoms with Gasteiger partial charge in [0, 0.05) is 5.56 Å². The number of hydrogen-bond acceptors (Lipinski definition) is 4. The zero-order valence-electron chi connectivity index (χ0n) is 10.6. The third kappa shape index (κ3) is 3.78. The minimum absolute atomic E-state index is 0. The number of ether oxygens (including phenoxy) is 2. The van der Waals surface area contributed by atoms with E-state index in [1.54, 1.807) is 12.1 Å². The molecule has 0 aliphatic rings. The van der Waals surface area contributed by atoms with Gasteiger partial charge in [-0.15, -0.1) is 12.4 Å². The largest absolute Gasteiger partial charge is 0.496 e. The van der Waals surface area contributed by atoms with Crippen molar-refractivity contribution < 1.29 is 23.0 Å². The molecule has 0 heterocycles. The Labute approximate surface area is 116 Å². The Bertz CT molecular complexity index is 429. The molecule has 19 heavy (non-hydrogen) atoms. The fourth-order valence-electron chi connectivity index (χ4n) is 1.47. The summed E-state index contributed by atoms with van der Waals surface area (Å²) in [7, 11) is 1.34. The van der Waals surface area contributed by atoms with E-state index in [-0.39, 0.29) is 30.3 Å². The predicted octanol–water partition coefficient (Wildman–Crippen LogP) is 2.32. The molecule has 1 atom stereocenters. The first-order valence-corrected chi connectivity index (χ1v) is 5.38. The molecule has 0 unspecified atom stereocenters. The van der Waals surface area contributed by atoms with Crippen molar-refractivity contribution in [3.8, 4) is 5.75 Å². The van der Waals surface area contributed by atoms with E-state index in [2.05, 4.69) is 4.74 Å². The van der Waals surface area contributed by atoms with Crippen LogP contribution in [0.5, 0.6) is 5.75 Å². The lowest BCUT2D eigenvalue weighted by Gasteiger charge is -2.23. The van der Waals surface area contributed by atoms with Crippen LogP contribution in [0.2, 0.25) is 0 Å². The number of hydrogen-bond donors (Lipinski definition) is 1. The number of carbonyl (C=O) groups is 1. The van der Waals surface area contributed by atoms with Gasteiger partial charge in [-0.05, 0) is 13.0 Å². The highest BCUT2D eigenvalue weighted by atomic mass is 35.5. The van der Waals surface area contributed by atoms with Crippen LogP contribution in [0, 0.1) is 0 Å². The SMILES string of the molecule is CCOC(=O)C(F)(F)[C@@H](N)c1ccccc1OC.Cl. The van der Waals surface area contributed by atoms with Crippen molar-refractivity contribution >= 4 is 18.4 Å². The van der Waals surface area contributed by atoms with Gasteiger partial charge in [0.15, 0.2) is 0 Å². The number of nitrogens with two attached hydrogens (primary N) is 1. The van der Waals surface area contributed by atoms with E-state index in [1.165, 1.54) is 26.2 Å². The van der Waals surface area contributed by atoms with Gasteiger partial charge >= 0.3 is 11.9 Å². The molecule has 4 nitrogen and oxygen atoms in total. The Morgan fingerprint density at radius 3 is 2.53 bits per heavy atom. The molecule has 0 aliphatic carbocycles. The minimum atomic E-state index is -3.80. The van der Waals surface area contributed by atoms with Crippen LogP contribution in [0.15, 0.2) is 24.3 Å². The van der Waals surface area contributed by atoms with Gasteiger partial charge in [-0.1, -0.05) is 18.2 Å². The van der Waals surface area contributed by atoms with Crippen LogP contribution in [-0.2, 0) is 9.53 Å². The lowest BCUT2D eigenvalue weighted by atomic mass is 10.0. The molecule has 0 aliphatic heterocycles. The summed E-state index contributed by atoms with van der Waals surface area (Å²) in [6, 6.07) is 4.23. The summed E-state index contributed by atoms with van der Waals surface area (Å²) in [5, 5.41) is 0. The van der Waals surface area contributed by atoms with Crippen LogP contribution in [0.3, 0.4) is 0 Å². The van der Waals surface area contributed by atoms with E-state index in [0.29, 0.717) is 0 Å². The number of methoxy groups -OCH3 is 1. The number of esters is 1. The van der Waals surface area contributed by atoms with Gasteiger partial charge in [0.1, 0.15) is 11.8 Å². The number of rotatable bonds is 5. The molecule has 0 amide bonds. The maximum absolute atomic E-state index is 13.7. The Morgan fingerprint density at radius 1 is 1.42 bits per heavy atom. The first-order chi connectivity index (χ1) is 8.45. The second kappa shape index (κ2) is 7.25. The van der Waals surface area contributed by atoms with E-state index in [1.807, 2.05) is 0 Å². The van der Waals surface area contributed by atoms with Crippen LogP contribution < -0.4 is 10.5 Å². The zero-order valence-corrected chi connectivity index (χ0v) is 11.4. The number of carbonyl (C=O) groups excluding carboxylic acids is 1. The van der Waals surface area contributed by atoms with Gasteiger partial charge < -0.3 is 15.2 Å². The quantitative estimate of drug-likeness (QED) is 0.847. The first kappa shape index (κ1) is 17.6. The van der Waals surface area contributed by atoms with Crippen molar-refractivity contribution in [1.82, 2.24) is 0 Å². The van der Waals surface area contributed by atoms with Gasteiger partial charge in [0.25, 0.3) is 0 Å². The summed E-state index contributed by atoms with van der Waals surface area (Å²) in [4.78, 5) is 11.2. The topological polar surface area (TPSA) is 61.5 Å². The predicted molar refractivity (Wildman–Crippen MR) is 68.8 cm³/mol. The highest BCUT2D eigenvalue weighted by molar-refractivity contribution is 5.85. The number of para-hydroxylation sites is 1. The molecule has 108 valence electrons. The van der Waals surface area contributed by atoms with Crippen LogP contribution >= 0.6 is 12.4 Å². The van der Waals surface area contributed by atoms with Gasteiger partial charge in [0.2, 0.25) is 0 Å². The van der Waals surface area contributed by atoms with Crippen molar-refractivity contribution in [1.29, 1.82) is 0 Å². The third-order valence-electron chi connectivity index (χ3n) is 2.41. The molecule has 0 aromatic heterocycles. The molecule has 0 spiro atoms. The Kier molecular flexibility index (Phi) is 6.72. The maximum Gasteiger partial charge on any atom is 0.379 e. The van der Waals surface area contributed by atoms with Gasteiger partial charge in [-0.3, -0.25) is 0 Å². The summed E-state index contributed by atoms with van der Waals surface area (Å²) < 4.78 is 36.7. The van der Waals surface area contributed by atoms with E-state index in [0.717, 1.165) is 0 Å². The second-order valence-electron chi connectivity index (χ2n) is 3.56. The maximum atomic E-state index is 13.7. The van der Waals surface area contributed by atoms with Crippen molar-refractivity contribution in [2.45, 2.75) is 18.9 Å². The lowest BCUT2D eigenvalue weighted by molar-refractivity contribution is -0.174. The molecule has 2 N–H and O–H groups in total. The highest BCUT2D eigenvalue weighted by Crippen LogP contribution is 2.35. The second-order valence-corrected chi connectivity index (χ2v) is 3.56. The smallest absolute Gasteiger partial charge is 0.379 e. The standard InChI is InChI=1S/C12H15F2NO3.ClH/c1-3-18-11(16)12(13,14)10(15)8-6-4-5-7-9(8)17-2;/h4-7,10H,3,15H2,1-2H3;1H/t10-;/m0./s1. The summed E-state index contributed by atoms with van der Waals surface area (Å²) in [6.45, 7) is 1.32. The Hall–Kier alpha value is -1.40. The highest BCUT2D eigenvalue weighted by Gasteiger charge is 2.48. The summed E-state index contributed by atoms with van der Waals surface area (Å²) in [5.41, 5.74) is 5.50. The molecule has 0 saturated carbocycles. The first-order valence-electron chi connectivity index (χ1n) is 5.38. The summed E-state index contributed by atoms with van der Waals surface area (Å²) in [6.07, 6.45) is 0. The molecule has 1 aromatic rings. The van der Waals surface area contributed by atoms with E-state index in [4.69, 9.17) is 10.5 Å². The molecule has 1 rings (SSSR count). The number of benzene rings is 1.